The summed E-state index contributed by atoms with van der Waals surface area (Å²) in [4.78, 5) is 0. The highest BCUT2D eigenvalue weighted by molar-refractivity contribution is 5.36. The van der Waals surface area contributed by atoms with Gasteiger partial charge in [-0.05, 0) is 18.1 Å². The van der Waals surface area contributed by atoms with Crippen molar-refractivity contribution in [2.24, 2.45) is 0 Å². The van der Waals surface area contributed by atoms with E-state index in [0.29, 0.717) is 5.57 Å². The Labute approximate surface area is 90.2 Å². The molecule has 2 nitrogen and oxygen atoms in total. The monoisotopic (exact) mass is 204 g/mol. The molecule has 1 unspecified atom stereocenters. The molecule has 0 aliphatic carbocycles. The molecule has 80 valence electrons. The summed E-state index contributed by atoms with van der Waals surface area (Å²) in [6.45, 7) is 5.50. The van der Waals surface area contributed by atoms with E-state index in [4.69, 9.17) is 5.11 Å². The summed E-state index contributed by atoms with van der Waals surface area (Å²) in [6, 6.07) is 9.32. The predicted molar refractivity (Wildman–Crippen MR) is 61.4 cm³/mol. The van der Waals surface area contributed by atoms with Gasteiger partial charge in [0.15, 0.2) is 0 Å². The second kappa shape index (κ2) is 5.49. The van der Waals surface area contributed by atoms with Crippen LogP contribution in [0.2, 0.25) is 0 Å². The summed E-state index contributed by atoms with van der Waals surface area (Å²) in [5, 5.41) is 18.9. The molecule has 0 amide bonds. The van der Waals surface area contributed by atoms with Gasteiger partial charge in [-0.2, -0.15) is 0 Å². The molecule has 1 aromatic carbocycles. The van der Waals surface area contributed by atoms with Gasteiger partial charge in [0.1, 0.15) is 6.10 Å². The van der Waals surface area contributed by atoms with Crippen LogP contribution in [0.25, 0.3) is 0 Å². The molecule has 0 saturated carbocycles. The summed E-state index contributed by atoms with van der Waals surface area (Å²) in [5.41, 5.74) is 2.24. The maximum Gasteiger partial charge on any atom is 0.104 e. The Kier molecular flexibility index (Phi) is 4.28. The third-order valence-corrected chi connectivity index (χ3v) is 2.21. The van der Waals surface area contributed by atoms with Crippen LogP contribution in [0.3, 0.4) is 0 Å². The van der Waals surface area contributed by atoms with E-state index < -0.39 is 6.10 Å². The van der Waals surface area contributed by atoms with Gasteiger partial charge in [0.25, 0.3) is 0 Å². The SMILES string of the molecule is C=C(C)C(=CCO)C(O)c1ccccc1. The zero-order chi connectivity index (χ0) is 11.3. The highest BCUT2D eigenvalue weighted by atomic mass is 16.3. The minimum Gasteiger partial charge on any atom is -0.392 e. The predicted octanol–water partition coefficient (Wildman–Crippen LogP) is 2.21. The van der Waals surface area contributed by atoms with Gasteiger partial charge in [-0.15, -0.1) is 0 Å². The highest BCUT2D eigenvalue weighted by Gasteiger charge is 2.12. The quantitative estimate of drug-likeness (QED) is 0.738. The molecule has 0 saturated heterocycles. The molecule has 0 aliphatic heterocycles. The normalized spacial score (nSPS) is 13.7. The molecule has 2 N–H and O–H groups in total. The van der Waals surface area contributed by atoms with Crippen LogP contribution in [0.1, 0.15) is 18.6 Å². The van der Waals surface area contributed by atoms with Crippen LogP contribution in [0.5, 0.6) is 0 Å². The van der Waals surface area contributed by atoms with E-state index in [9.17, 15) is 5.11 Å². The van der Waals surface area contributed by atoms with Crippen molar-refractivity contribution < 1.29 is 10.2 Å². The van der Waals surface area contributed by atoms with Crippen LogP contribution in [0.4, 0.5) is 0 Å². The van der Waals surface area contributed by atoms with Crippen molar-refractivity contribution in [3.63, 3.8) is 0 Å². The Hall–Kier alpha value is -1.38. The molecule has 2 heteroatoms. The number of benzene rings is 1. The average Bonchev–Trinajstić information content (AvgIpc) is 2.26. The molecule has 1 rings (SSSR count). The van der Waals surface area contributed by atoms with Gasteiger partial charge < -0.3 is 10.2 Å². The molecule has 0 heterocycles. The van der Waals surface area contributed by atoms with Crippen LogP contribution in [-0.2, 0) is 0 Å². The molecule has 15 heavy (non-hydrogen) atoms. The fraction of sp³-hybridized carbons (Fsp3) is 0.231. The van der Waals surface area contributed by atoms with Crippen molar-refractivity contribution in [1.29, 1.82) is 0 Å². The van der Waals surface area contributed by atoms with Gasteiger partial charge in [0, 0.05) is 0 Å². The van der Waals surface area contributed by atoms with Crippen LogP contribution in [-0.4, -0.2) is 16.8 Å². The van der Waals surface area contributed by atoms with Crippen LogP contribution in [0.15, 0.2) is 54.1 Å². The Bertz CT molecular complexity index is 352. The molecule has 0 spiro atoms. The van der Waals surface area contributed by atoms with Gasteiger partial charge in [-0.3, -0.25) is 0 Å². The van der Waals surface area contributed by atoms with Gasteiger partial charge in [0.2, 0.25) is 0 Å². The fourth-order valence-corrected chi connectivity index (χ4v) is 1.43. The summed E-state index contributed by atoms with van der Waals surface area (Å²) in [5.74, 6) is 0. The second-order valence-electron chi connectivity index (χ2n) is 3.44. The molecule has 0 aliphatic rings. The van der Waals surface area contributed by atoms with Gasteiger partial charge in [-0.1, -0.05) is 48.6 Å². The van der Waals surface area contributed by atoms with E-state index in [1.54, 1.807) is 6.08 Å². The van der Waals surface area contributed by atoms with Crippen molar-refractivity contribution in [2.75, 3.05) is 6.61 Å². The molecule has 0 radical (unpaired) electrons. The number of aliphatic hydroxyl groups is 2. The lowest BCUT2D eigenvalue weighted by Crippen LogP contribution is -2.03. The van der Waals surface area contributed by atoms with Crippen molar-refractivity contribution in [3.8, 4) is 0 Å². The topological polar surface area (TPSA) is 40.5 Å². The third kappa shape index (κ3) is 3.05. The van der Waals surface area contributed by atoms with E-state index in [1.165, 1.54) is 0 Å². The van der Waals surface area contributed by atoms with Crippen LogP contribution in [0, 0.1) is 0 Å². The Morgan fingerprint density at radius 3 is 2.47 bits per heavy atom. The first-order chi connectivity index (χ1) is 7.16. The zero-order valence-corrected chi connectivity index (χ0v) is 8.85. The van der Waals surface area contributed by atoms with E-state index in [-0.39, 0.29) is 6.61 Å². The zero-order valence-electron chi connectivity index (χ0n) is 8.85. The first kappa shape index (κ1) is 11.7. The molecule has 1 atom stereocenters. The van der Waals surface area contributed by atoms with E-state index in [0.717, 1.165) is 11.1 Å². The Morgan fingerprint density at radius 2 is 2.00 bits per heavy atom. The van der Waals surface area contributed by atoms with Crippen molar-refractivity contribution in [2.45, 2.75) is 13.0 Å². The fourth-order valence-electron chi connectivity index (χ4n) is 1.43. The summed E-state index contributed by atoms with van der Waals surface area (Å²) in [6.07, 6.45) is 0.871. The molecular formula is C13H16O2. The van der Waals surface area contributed by atoms with Crippen molar-refractivity contribution in [1.82, 2.24) is 0 Å². The van der Waals surface area contributed by atoms with Crippen LogP contribution < -0.4 is 0 Å². The summed E-state index contributed by atoms with van der Waals surface area (Å²) in [7, 11) is 0. The van der Waals surface area contributed by atoms with E-state index in [1.807, 2.05) is 37.3 Å². The molecule has 0 bridgehead atoms. The van der Waals surface area contributed by atoms with E-state index >= 15 is 0 Å². The Morgan fingerprint density at radius 1 is 1.40 bits per heavy atom. The minimum atomic E-state index is -0.712. The summed E-state index contributed by atoms with van der Waals surface area (Å²) < 4.78 is 0. The van der Waals surface area contributed by atoms with E-state index in [2.05, 4.69) is 6.58 Å². The minimum absolute atomic E-state index is 0.0912. The molecule has 1 aromatic rings. The number of hydrogen-bond acceptors (Lipinski definition) is 2. The highest BCUT2D eigenvalue weighted by Crippen LogP contribution is 2.25. The Balaban J connectivity index is 2.96. The van der Waals surface area contributed by atoms with Gasteiger partial charge in [-0.25, -0.2) is 0 Å². The smallest absolute Gasteiger partial charge is 0.104 e. The number of hydrogen-bond donors (Lipinski definition) is 2. The van der Waals surface area contributed by atoms with Gasteiger partial charge >= 0.3 is 0 Å². The largest absolute Gasteiger partial charge is 0.392 e. The van der Waals surface area contributed by atoms with Crippen molar-refractivity contribution >= 4 is 0 Å². The average molecular weight is 204 g/mol. The number of rotatable bonds is 4. The third-order valence-electron chi connectivity index (χ3n) is 2.21. The first-order valence-electron chi connectivity index (χ1n) is 4.86. The van der Waals surface area contributed by atoms with Gasteiger partial charge in [0.05, 0.1) is 6.61 Å². The standard InChI is InChI=1S/C13H16O2/c1-10(2)12(8-9-14)13(15)11-6-4-3-5-7-11/h3-8,13-15H,1,9H2,2H3. The molecule has 0 aromatic heterocycles. The second-order valence-corrected chi connectivity index (χ2v) is 3.44. The first-order valence-corrected chi connectivity index (χ1v) is 4.86. The maximum absolute atomic E-state index is 10.0. The van der Waals surface area contributed by atoms with Crippen LogP contribution >= 0.6 is 0 Å². The molecular weight excluding hydrogens is 188 g/mol. The lowest BCUT2D eigenvalue weighted by Gasteiger charge is -2.15. The van der Waals surface area contributed by atoms with Crippen molar-refractivity contribution in [3.05, 3.63) is 59.7 Å². The lowest BCUT2D eigenvalue weighted by atomic mass is 9.97. The number of aliphatic hydroxyl groups excluding tert-OH is 2. The summed E-state index contributed by atoms with van der Waals surface area (Å²) >= 11 is 0. The molecule has 0 fully saturated rings. The lowest BCUT2D eigenvalue weighted by molar-refractivity contribution is 0.216. The maximum atomic E-state index is 10.0.